The number of carboxylic acid groups (broad SMARTS) is 1. The molecule has 1 heterocycles. The minimum atomic E-state index is -1.08. The van der Waals surface area contributed by atoms with Gasteiger partial charge in [-0.3, -0.25) is 0 Å². The van der Waals surface area contributed by atoms with Gasteiger partial charge in [-0.1, -0.05) is 28.1 Å². The van der Waals surface area contributed by atoms with Crippen LogP contribution in [0.25, 0.3) is 11.1 Å². The van der Waals surface area contributed by atoms with Crippen LogP contribution in [0.1, 0.15) is 10.4 Å². The summed E-state index contributed by atoms with van der Waals surface area (Å²) in [4.78, 5) is 14.8. The van der Waals surface area contributed by atoms with Crippen LogP contribution in [0.3, 0.4) is 0 Å². The van der Waals surface area contributed by atoms with Crippen LogP contribution in [0.15, 0.2) is 41.0 Å². The second kappa shape index (κ2) is 4.55. The molecule has 1 aromatic heterocycles. The molecule has 2 aromatic rings. The standard InChI is InChI=1S/C12H9BrN2O2/c13-9-3-1-2-7(4-9)8-5-10(12(16)17)11(14)15-6-8/h1-6H,(H2,14,15)(H,16,17). The predicted octanol–water partition coefficient (Wildman–Crippen LogP) is 2.79. The van der Waals surface area contributed by atoms with Gasteiger partial charge < -0.3 is 10.8 Å². The van der Waals surface area contributed by atoms with Gasteiger partial charge in [0.1, 0.15) is 11.4 Å². The van der Waals surface area contributed by atoms with Gasteiger partial charge in [-0.2, -0.15) is 0 Å². The summed E-state index contributed by atoms with van der Waals surface area (Å²) in [5.41, 5.74) is 7.12. The fourth-order valence-electron chi connectivity index (χ4n) is 1.47. The van der Waals surface area contributed by atoms with Crippen LogP contribution in [-0.2, 0) is 0 Å². The summed E-state index contributed by atoms with van der Waals surface area (Å²) in [5, 5.41) is 8.96. The lowest BCUT2D eigenvalue weighted by atomic mass is 10.1. The number of pyridine rings is 1. The van der Waals surface area contributed by atoms with Crippen LogP contribution < -0.4 is 5.73 Å². The maximum atomic E-state index is 10.9. The van der Waals surface area contributed by atoms with Crippen molar-refractivity contribution < 1.29 is 9.90 Å². The van der Waals surface area contributed by atoms with Gasteiger partial charge in [-0.25, -0.2) is 9.78 Å². The first-order valence-electron chi connectivity index (χ1n) is 4.82. The smallest absolute Gasteiger partial charge is 0.339 e. The molecule has 0 aliphatic heterocycles. The maximum absolute atomic E-state index is 10.9. The van der Waals surface area contributed by atoms with Gasteiger partial charge in [-0.05, 0) is 23.8 Å². The molecule has 1 aromatic carbocycles. The zero-order chi connectivity index (χ0) is 12.4. The van der Waals surface area contributed by atoms with Crippen LogP contribution in [0.4, 0.5) is 5.82 Å². The van der Waals surface area contributed by atoms with E-state index in [1.165, 1.54) is 6.07 Å². The number of hydrogen-bond acceptors (Lipinski definition) is 3. The largest absolute Gasteiger partial charge is 0.478 e. The summed E-state index contributed by atoms with van der Waals surface area (Å²) in [6.45, 7) is 0. The van der Waals surface area contributed by atoms with Crippen molar-refractivity contribution >= 4 is 27.7 Å². The number of carboxylic acids is 1. The molecule has 0 radical (unpaired) electrons. The highest BCUT2D eigenvalue weighted by Gasteiger charge is 2.10. The summed E-state index contributed by atoms with van der Waals surface area (Å²) < 4.78 is 0.920. The molecule has 5 heteroatoms. The molecule has 0 spiro atoms. The molecule has 0 unspecified atom stereocenters. The molecule has 0 fully saturated rings. The third-order valence-electron chi connectivity index (χ3n) is 2.31. The van der Waals surface area contributed by atoms with Crippen molar-refractivity contribution in [3.63, 3.8) is 0 Å². The molecule has 3 N–H and O–H groups in total. The van der Waals surface area contributed by atoms with E-state index < -0.39 is 5.97 Å². The topological polar surface area (TPSA) is 76.2 Å². The number of hydrogen-bond donors (Lipinski definition) is 2. The highest BCUT2D eigenvalue weighted by atomic mass is 79.9. The Morgan fingerprint density at radius 1 is 1.29 bits per heavy atom. The monoisotopic (exact) mass is 292 g/mol. The lowest BCUT2D eigenvalue weighted by molar-refractivity contribution is 0.0698. The summed E-state index contributed by atoms with van der Waals surface area (Å²) in [5.74, 6) is -1.05. The van der Waals surface area contributed by atoms with E-state index in [0.29, 0.717) is 0 Å². The molecule has 0 aliphatic rings. The Bertz CT molecular complexity index is 584. The summed E-state index contributed by atoms with van der Waals surface area (Å²) in [6.07, 6.45) is 1.56. The Kier molecular flexibility index (Phi) is 3.10. The van der Waals surface area contributed by atoms with Crippen molar-refractivity contribution in [1.82, 2.24) is 4.98 Å². The van der Waals surface area contributed by atoms with Gasteiger partial charge in [0.05, 0.1) is 0 Å². The zero-order valence-corrected chi connectivity index (χ0v) is 10.3. The van der Waals surface area contributed by atoms with E-state index in [2.05, 4.69) is 20.9 Å². The highest BCUT2D eigenvalue weighted by Crippen LogP contribution is 2.24. The average Bonchev–Trinajstić information content (AvgIpc) is 2.29. The van der Waals surface area contributed by atoms with Crippen molar-refractivity contribution in [1.29, 1.82) is 0 Å². The second-order valence-corrected chi connectivity index (χ2v) is 4.39. The van der Waals surface area contributed by atoms with E-state index in [-0.39, 0.29) is 11.4 Å². The van der Waals surface area contributed by atoms with Crippen LogP contribution >= 0.6 is 15.9 Å². The highest BCUT2D eigenvalue weighted by molar-refractivity contribution is 9.10. The van der Waals surface area contributed by atoms with E-state index in [0.717, 1.165) is 15.6 Å². The maximum Gasteiger partial charge on any atom is 0.339 e. The number of anilines is 1. The zero-order valence-electron chi connectivity index (χ0n) is 8.72. The molecule has 17 heavy (non-hydrogen) atoms. The summed E-state index contributed by atoms with van der Waals surface area (Å²) in [6, 6.07) is 9.05. The van der Waals surface area contributed by atoms with Gasteiger partial charge in [0.2, 0.25) is 0 Å². The summed E-state index contributed by atoms with van der Waals surface area (Å²) in [7, 11) is 0. The fourth-order valence-corrected chi connectivity index (χ4v) is 1.87. The number of nitrogens with two attached hydrogens (primary N) is 1. The summed E-state index contributed by atoms with van der Waals surface area (Å²) >= 11 is 3.36. The van der Waals surface area contributed by atoms with Crippen LogP contribution in [0.5, 0.6) is 0 Å². The van der Waals surface area contributed by atoms with Crippen molar-refractivity contribution in [3.8, 4) is 11.1 Å². The van der Waals surface area contributed by atoms with E-state index in [4.69, 9.17) is 10.8 Å². The number of aromatic carboxylic acids is 1. The number of rotatable bonds is 2. The first-order chi connectivity index (χ1) is 8.08. The van der Waals surface area contributed by atoms with Crippen LogP contribution in [-0.4, -0.2) is 16.1 Å². The Hall–Kier alpha value is -1.88. The van der Waals surface area contributed by atoms with Gasteiger partial charge in [0.15, 0.2) is 0 Å². The first kappa shape index (κ1) is 11.6. The molecule has 86 valence electrons. The molecule has 0 saturated heterocycles. The SMILES string of the molecule is Nc1ncc(-c2cccc(Br)c2)cc1C(=O)O. The van der Waals surface area contributed by atoms with Gasteiger partial charge in [-0.15, -0.1) is 0 Å². The van der Waals surface area contributed by atoms with Crippen molar-refractivity contribution in [3.05, 3.63) is 46.6 Å². The first-order valence-corrected chi connectivity index (χ1v) is 5.62. The Balaban J connectivity index is 2.54. The number of halogens is 1. The Morgan fingerprint density at radius 2 is 2.06 bits per heavy atom. The van der Waals surface area contributed by atoms with Crippen molar-refractivity contribution in [2.24, 2.45) is 0 Å². The van der Waals surface area contributed by atoms with Crippen molar-refractivity contribution in [2.45, 2.75) is 0 Å². The third kappa shape index (κ3) is 2.45. The number of carbonyl (C=O) groups is 1. The van der Waals surface area contributed by atoms with Gasteiger partial charge >= 0.3 is 5.97 Å². The minimum Gasteiger partial charge on any atom is -0.478 e. The number of aromatic nitrogens is 1. The van der Waals surface area contributed by atoms with Crippen LogP contribution in [0, 0.1) is 0 Å². The molecule has 4 nitrogen and oxygen atoms in total. The van der Waals surface area contributed by atoms with Crippen LogP contribution in [0.2, 0.25) is 0 Å². The second-order valence-electron chi connectivity index (χ2n) is 3.47. The number of nitrogens with zero attached hydrogens (tertiary/aromatic N) is 1. The molecule has 0 bridgehead atoms. The number of nitrogen functional groups attached to an aromatic ring is 1. The van der Waals surface area contributed by atoms with Crippen molar-refractivity contribution in [2.75, 3.05) is 5.73 Å². The van der Waals surface area contributed by atoms with Gasteiger partial charge in [0, 0.05) is 16.2 Å². The average molecular weight is 293 g/mol. The van der Waals surface area contributed by atoms with E-state index in [1.54, 1.807) is 6.20 Å². The Labute approximate surface area is 106 Å². The molecule has 0 aliphatic carbocycles. The molecule has 2 rings (SSSR count). The normalized spacial score (nSPS) is 10.2. The Morgan fingerprint density at radius 3 is 2.71 bits per heavy atom. The molecular weight excluding hydrogens is 284 g/mol. The lowest BCUT2D eigenvalue weighted by Gasteiger charge is -2.05. The van der Waals surface area contributed by atoms with Gasteiger partial charge in [0.25, 0.3) is 0 Å². The van der Waals surface area contributed by atoms with E-state index in [1.807, 2.05) is 24.3 Å². The quantitative estimate of drug-likeness (QED) is 0.892. The molecular formula is C12H9BrN2O2. The molecule has 0 atom stereocenters. The van der Waals surface area contributed by atoms with E-state index in [9.17, 15) is 4.79 Å². The molecule has 0 saturated carbocycles. The minimum absolute atomic E-state index is 0.0162. The number of benzene rings is 1. The third-order valence-corrected chi connectivity index (χ3v) is 2.80. The van der Waals surface area contributed by atoms with E-state index >= 15 is 0 Å². The predicted molar refractivity (Wildman–Crippen MR) is 68.7 cm³/mol. The molecule has 0 amide bonds. The fraction of sp³-hybridized carbons (Fsp3) is 0. The lowest BCUT2D eigenvalue weighted by Crippen LogP contribution is -2.04.